The summed E-state index contributed by atoms with van der Waals surface area (Å²) in [4.78, 5) is 0. The molecule has 0 aliphatic rings. The molecule has 0 aromatic carbocycles. The molecule has 0 unspecified atom stereocenters. The molecule has 0 fully saturated rings. The average Bonchev–Trinajstić information content (AvgIpc) is 2.22. The van der Waals surface area contributed by atoms with Gasteiger partial charge in [-0.25, -0.2) is 0 Å². The quantitative estimate of drug-likeness (QED) is 0.569. The number of ether oxygens (including phenoxy) is 2. The molecule has 92 valence electrons. The predicted molar refractivity (Wildman–Crippen MR) is 64.3 cm³/mol. The van der Waals surface area contributed by atoms with Gasteiger partial charge in [-0.15, -0.1) is 0 Å². The van der Waals surface area contributed by atoms with E-state index in [0.717, 1.165) is 26.1 Å². The highest BCUT2D eigenvalue weighted by Crippen LogP contribution is 2.11. The van der Waals surface area contributed by atoms with E-state index >= 15 is 0 Å². The van der Waals surface area contributed by atoms with Crippen molar-refractivity contribution in [2.24, 2.45) is 0 Å². The fourth-order valence-electron chi connectivity index (χ4n) is 1.29. The highest BCUT2D eigenvalue weighted by molar-refractivity contribution is 4.68. The van der Waals surface area contributed by atoms with Gasteiger partial charge < -0.3 is 14.8 Å². The maximum absolute atomic E-state index is 5.34. The van der Waals surface area contributed by atoms with Gasteiger partial charge in [0, 0.05) is 20.8 Å². The first kappa shape index (κ1) is 14.9. The van der Waals surface area contributed by atoms with Crippen molar-refractivity contribution in [1.82, 2.24) is 5.32 Å². The molecule has 0 rings (SSSR count). The average molecular weight is 217 g/mol. The van der Waals surface area contributed by atoms with Gasteiger partial charge >= 0.3 is 0 Å². The van der Waals surface area contributed by atoms with Gasteiger partial charge in [-0.2, -0.15) is 0 Å². The van der Waals surface area contributed by atoms with Crippen LogP contribution in [0.2, 0.25) is 0 Å². The van der Waals surface area contributed by atoms with Crippen molar-refractivity contribution in [3.8, 4) is 0 Å². The first-order valence-electron chi connectivity index (χ1n) is 5.87. The van der Waals surface area contributed by atoms with Gasteiger partial charge in [0.15, 0.2) is 0 Å². The van der Waals surface area contributed by atoms with Crippen LogP contribution in [0, 0.1) is 0 Å². The topological polar surface area (TPSA) is 30.5 Å². The molecule has 0 spiro atoms. The minimum atomic E-state index is 0.00303. The molecular weight excluding hydrogens is 190 g/mol. The van der Waals surface area contributed by atoms with Gasteiger partial charge in [0.05, 0.1) is 5.60 Å². The van der Waals surface area contributed by atoms with Gasteiger partial charge in [0.25, 0.3) is 0 Å². The number of hydrogen-bond donors (Lipinski definition) is 1. The van der Waals surface area contributed by atoms with Crippen molar-refractivity contribution in [2.45, 2.75) is 45.1 Å². The fraction of sp³-hybridized carbons (Fsp3) is 1.00. The predicted octanol–water partition coefficient (Wildman–Crippen LogP) is 2.21. The van der Waals surface area contributed by atoms with Crippen molar-refractivity contribution < 1.29 is 9.47 Å². The van der Waals surface area contributed by atoms with Crippen LogP contribution in [0.3, 0.4) is 0 Å². The molecule has 3 heteroatoms. The van der Waals surface area contributed by atoms with Crippen molar-refractivity contribution in [3.63, 3.8) is 0 Å². The Morgan fingerprint density at radius 2 is 1.73 bits per heavy atom. The monoisotopic (exact) mass is 217 g/mol. The molecule has 0 saturated heterocycles. The minimum absolute atomic E-state index is 0.00303. The lowest BCUT2D eigenvalue weighted by molar-refractivity contribution is 0.0159. The number of nitrogens with one attached hydrogen (secondary N) is 1. The zero-order valence-electron chi connectivity index (χ0n) is 10.8. The van der Waals surface area contributed by atoms with E-state index in [1.54, 1.807) is 14.2 Å². The van der Waals surface area contributed by atoms with Crippen LogP contribution >= 0.6 is 0 Å². The van der Waals surface area contributed by atoms with Crippen LogP contribution in [0.4, 0.5) is 0 Å². The molecule has 0 aliphatic carbocycles. The Morgan fingerprint density at radius 3 is 2.33 bits per heavy atom. The van der Waals surface area contributed by atoms with E-state index in [4.69, 9.17) is 9.47 Å². The van der Waals surface area contributed by atoms with Crippen LogP contribution in [0.5, 0.6) is 0 Å². The zero-order valence-corrected chi connectivity index (χ0v) is 10.8. The van der Waals surface area contributed by atoms with E-state index in [1.165, 1.54) is 19.3 Å². The second-order valence-electron chi connectivity index (χ2n) is 4.52. The Balaban J connectivity index is 3.11. The number of methoxy groups -OCH3 is 2. The zero-order chi connectivity index (χ0) is 11.6. The van der Waals surface area contributed by atoms with Crippen molar-refractivity contribution in [3.05, 3.63) is 0 Å². The highest BCUT2D eigenvalue weighted by atomic mass is 16.5. The summed E-state index contributed by atoms with van der Waals surface area (Å²) in [5.41, 5.74) is 0.00303. The summed E-state index contributed by atoms with van der Waals surface area (Å²) >= 11 is 0. The SMILES string of the molecule is COCCCCCNCCC(C)(C)OC. The van der Waals surface area contributed by atoms with Gasteiger partial charge in [-0.05, 0) is 52.6 Å². The lowest BCUT2D eigenvalue weighted by Crippen LogP contribution is -2.29. The highest BCUT2D eigenvalue weighted by Gasteiger charge is 2.14. The van der Waals surface area contributed by atoms with Crippen LogP contribution < -0.4 is 5.32 Å². The van der Waals surface area contributed by atoms with Gasteiger partial charge in [-0.3, -0.25) is 0 Å². The maximum atomic E-state index is 5.34. The fourth-order valence-corrected chi connectivity index (χ4v) is 1.29. The third-order valence-electron chi connectivity index (χ3n) is 2.66. The molecule has 0 saturated carbocycles. The van der Waals surface area contributed by atoms with Crippen LogP contribution in [-0.2, 0) is 9.47 Å². The second-order valence-corrected chi connectivity index (χ2v) is 4.52. The van der Waals surface area contributed by atoms with Crippen LogP contribution in [-0.4, -0.2) is 39.5 Å². The molecule has 1 N–H and O–H groups in total. The normalized spacial score (nSPS) is 12.0. The summed E-state index contributed by atoms with van der Waals surface area (Å²) in [5.74, 6) is 0. The summed E-state index contributed by atoms with van der Waals surface area (Å²) in [6, 6.07) is 0. The molecule has 3 nitrogen and oxygen atoms in total. The number of unbranched alkanes of at least 4 members (excludes halogenated alkanes) is 2. The standard InChI is InChI=1S/C12H27NO2/c1-12(2,15-4)8-10-13-9-6-5-7-11-14-3/h13H,5-11H2,1-4H3. The smallest absolute Gasteiger partial charge is 0.0634 e. The van der Waals surface area contributed by atoms with Crippen LogP contribution in [0.25, 0.3) is 0 Å². The molecule has 0 radical (unpaired) electrons. The molecule has 0 heterocycles. The molecular formula is C12H27NO2. The Labute approximate surface area is 94.5 Å². The Hall–Kier alpha value is -0.120. The van der Waals surface area contributed by atoms with Crippen molar-refractivity contribution in [1.29, 1.82) is 0 Å². The first-order valence-corrected chi connectivity index (χ1v) is 5.87. The molecule has 0 amide bonds. The largest absolute Gasteiger partial charge is 0.385 e. The van der Waals surface area contributed by atoms with Crippen LogP contribution in [0.15, 0.2) is 0 Å². The van der Waals surface area contributed by atoms with E-state index in [2.05, 4.69) is 19.2 Å². The second kappa shape index (κ2) is 9.13. The molecule has 0 aromatic rings. The van der Waals surface area contributed by atoms with Gasteiger partial charge in [0.2, 0.25) is 0 Å². The summed E-state index contributed by atoms with van der Waals surface area (Å²) < 4.78 is 10.3. The molecule has 0 aliphatic heterocycles. The summed E-state index contributed by atoms with van der Waals surface area (Å²) in [7, 11) is 3.52. The van der Waals surface area contributed by atoms with E-state index < -0.39 is 0 Å². The minimum Gasteiger partial charge on any atom is -0.385 e. The molecule has 0 atom stereocenters. The van der Waals surface area contributed by atoms with Gasteiger partial charge in [0.1, 0.15) is 0 Å². The van der Waals surface area contributed by atoms with Crippen LogP contribution in [0.1, 0.15) is 39.5 Å². The third-order valence-corrected chi connectivity index (χ3v) is 2.66. The molecule has 0 aromatic heterocycles. The Bertz CT molecular complexity index is 138. The van der Waals surface area contributed by atoms with E-state index in [9.17, 15) is 0 Å². The summed E-state index contributed by atoms with van der Waals surface area (Å²) in [5, 5.41) is 3.43. The van der Waals surface area contributed by atoms with Crippen molar-refractivity contribution >= 4 is 0 Å². The third kappa shape index (κ3) is 10.2. The van der Waals surface area contributed by atoms with E-state index in [0.29, 0.717) is 0 Å². The van der Waals surface area contributed by atoms with Gasteiger partial charge in [-0.1, -0.05) is 0 Å². The maximum Gasteiger partial charge on any atom is 0.0634 e. The summed E-state index contributed by atoms with van der Waals surface area (Å²) in [6.45, 7) is 7.26. The Kier molecular flexibility index (Phi) is 9.06. The molecule has 15 heavy (non-hydrogen) atoms. The first-order chi connectivity index (χ1) is 7.12. The van der Waals surface area contributed by atoms with E-state index in [1.807, 2.05) is 0 Å². The number of hydrogen-bond acceptors (Lipinski definition) is 3. The summed E-state index contributed by atoms with van der Waals surface area (Å²) in [6.07, 6.45) is 4.70. The Morgan fingerprint density at radius 1 is 1.00 bits per heavy atom. The van der Waals surface area contributed by atoms with Crippen molar-refractivity contribution in [2.75, 3.05) is 33.9 Å². The molecule has 0 bridgehead atoms. The number of rotatable bonds is 10. The lowest BCUT2D eigenvalue weighted by Gasteiger charge is -2.22. The van der Waals surface area contributed by atoms with E-state index in [-0.39, 0.29) is 5.60 Å². The lowest BCUT2D eigenvalue weighted by atomic mass is 10.1.